The number of nitrogens with zero attached hydrogens (tertiary/aromatic N) is 4. The van der Waals surface area contributed by atoms with Crippen molar-refractivity contribution in [3.8, 4) is 5.69 Å². The molecule has 0 spiro atoms. The van der Waals surface area contributed by atoms with Crippen LogP contribution in [0.2, 0.25) is 0 Å². The maximum atomic E-state index is 13.2. The van der Waals surface area contributed by atoms with Gasteiger partial charge in [0.05, 0.1) is 12.3 Å². The Hall–Kier alpha value is -1.96. The molecular formula is C11H9FN4O2S. The standard InChI is InChI=1S/C11H9FN4O2S/c12-7-2-1-3-8(6-7)16-11(13-14-15-16)19-9-4-5-18-10(9)17/h1-3,6,9H,4-5H2. The quantitative estimate of drug-likeness (QED) is 0.787. The second-order valence-electron chi connectivity index (χ2n) is 3.92. The van der Waals surface area contributed by atoms with E-state index in [2.05, 4.69) is 15.5 Å². The molecule has 0 aliphatic carbocycles. The summed E-state index contributed by atoms with van der Waals surface area (Å²) >= 11 is 1.22. The van der Waals surface area contributed by atoms with Crippen LogP contribution >= 0.6 is 11.8 Å². The molecule has 19 heavy (non-hydrogen) atoms. The number of aromatic nitrogens is 4. The van der Waals surface area contributed by atoms with Crippen LogP contribution in [0.4, 0.5) is 4.39 Å². The smallest absolute Gasteiger partial charge is 0.319 e. The molecule has 6 nitrogen and oxygen atoms in total. The van der Waals surface area contributed by atoms with Crippen molar-refractivity contribution in [2.24, 2.45) is 0 Å². The first-order chi connectivity index (χ1) is 9.24. The summed E-state index contributed by atoms with van der Waals surface area (Å²) in [6, 6.07) is 5.93. The topological polar surface area (TPSA) is 69.9 Å². The number of esters is 1. The first kappa shape index (κ1) is 12.1. The zero-order valence-corrected chi connectivity index (χ0v) is 10.5. The van der Waals surface area contributed by atoms with Crippen LogP contribution in [-0.4, -0.2) is 38.0 Å². The van der Waals surface area contributed by atoms with Gasteiger partial charge < -0.3 is 4.74 Å². The van der Waals surface area contributed by atoms with E-state index in [0.29, 0.717) is 23.9 Å². The van der Waals surface area contributed by atoms with E-state index in [1.165, 1.54) is 28.6 Å². The third-order valence-electron chi connectivity index (χ3n) is 2.63. The van der Waals surface area contributed by atoms with Gasteiger partial charge in [-0.1, -0.05) is 17.8 Å². The van der Waals surface area contributed by atoms with Crippen molar-refractivity contribution in [1.29, 1.82) is 0 Å². The predicted molar refractivity (Wildman–Crippen MR) is 64.3 cm³/mol. The zero-order valence-electron chi connectivity index (χ0n) is 9.69. The van der Waals surface area contributed by atoms with E-state index in [-0.39, 0.29) is 17.0 Å². The van der Waals surface area contributed by atoms with Crippen molar-refractivity contribution < 1.29 is 13.9 Å². The first-order valence-corrected chi connectivity index (χ1v) is 6.49. The largest absolute Gasteiger partial charge is 0.465 e. The molecule has 1 unspecified atom stereocenters. The number of ether oxygens (including phenoxy) is 1. The average molecular weight is 280 g/mol. The van der Waals surface area contributed by atoms with Crippen LogP contribution in [0.25, 0.3) is 5.69 Å². The number of carbonyl (C=O) groups is 1. The van der Waals surface area contributed by atoms with Crippen molar-refractivity contribution in [2.45, 2.75) is 16.8 Å². The number of rotatable bonds is 3. The normalized spacial score (nSPS) is 18.6. The molecule has 0 bridgehead atoms. The lowest BCUT2D eigenvalue weighted by atomic mass is 10.3. The highest BCUT2D eigenvalue weighted by Gasteiger charge is 2.29. The van der Waals surface area contributed by atoms with Crippen LogP contribution in [0.15, 0.2) is 29.4 Å². The maximum absolute atomic E-state index is 13.2. The summed E-state index contributed by atoms with van der Waals surface area (Å²) in [6.07, 6.45) is 0.625. The fourth-order valence-corrected chi connectivity index (χ4v) is 2.69. The lowest BCUT2D eigenvalue weighted by molar-refractivity contribution is -0.137. The molecule has 1 saturated heterocycles. The molecule has 2 heterocycles. The van der Waals surface area contributed by atoms with Crippen molar-refractivity contribution in [3.63, 3.8) is 0 Å². The Labute approximate surface area is 111 Å². The third kappa shape index (κ3) is 2.43. The number of thioether (sulfide) groups is 1. The summed E-state index contributed by atoms with van der Waals surface area (Å²) in [6.45, 7) is 0.415. The number of halogens is 1. The van der Waals surface area contributed by atoms with Crippen LogP contribution in [0.3, 0.4) is 0 Å². The molecule has 8 heteroatoms. The molecular weight excluding hydrogens is 271 g/mol. The minimum Gasteiger partial charge on any atom is -0.465 e. The van der Waals surface area contributed by atoms with E-state index in [1.807, 2.05) is 0 Å². The fourth-order valence-electron chi connectivity index (χ4n) is 1.73. The minimum atomic E-state index is -0.371. The number of benzene rings is 1. The van der Waals surface area contributed by atoms with Gasteiger partial charge in [0, 0.05) is 6.42 Å². The van der Waals surface area contributed by atoms with Gasteiger partial charge >= 0.3 is 5.97 Å². The van der Waals surface area contributed by atoms with E-state index >= 15 is 0 Å². The van der Waals surface area contributed by atoms with Gasteiger partial charge in [-0.05, 0) is 28.6 Å². The number of hydrogen-bond donors (Lipinski definition) is 0. The van der Waals surface area contributed by atoms with Crippen LogP contribution in [0, 0.1) is 5.82 Å². The van der Waals surface area contributed by atoms with Crippen molar-refractivity contribution in [2.75, 3.05) is 6.61 Å². The van der Waals surface area contributed by atoms with Gasteiger partial charge in [0.2, 0.25) is 5.16 Å². The SMILES string of the molecule is O=C1OCCC1Sc1nnnn1-c1cccc(F)c1. The van der Waals surface area contributed by atoms with Gasteiger partial charge in [-0.2, -0.15) is 4.68 Å². The fraction of sp³-hybridized carbons (Fsp3) is 0.273. The lowest BCUT2D eigenvalue weighted by Crippen LogP contribution is -2.11. The van der Waals surface area contributed by atoms with Crippen LogP contribution in [-0.2, 0) is 9.53 Å². The zero-order chi connectivity index (χ0) is 13.2. The Balaban J connectivity index is 1.88. The molecule has 0 N–H and O–H groups in total. The van der Waals surface area contributed by atoms with Crippen molar-refractivity contribution in [1.82, 2.24) is 20.2 Å². The Morgan fingerprint density at radius 1 is 1.47 bits per heavy atom. The van der Waals surface area contributed by atoms with Crippen molar-refractivity contribution >= 4 is 17.7 Å². The molecule has 1 atom stereocenters. The highest BCUT2D eigenvalue weighted by molar-refractivity contribution is 8.00. The lowest BCUT2D eigenvalue weighted by Gasteiger charge is -2.06. The Bertz CT molecular complexity index is 618. The highest BCUT2D eigenvalue weighted by atomic mass is 32.2. The minimum absolute atomic E-state index is 0.265. The summed E-state index contributed by atoms with van der Waals surface area (Å²) in [7, 11) is 0. The van der Waals surface area contributed by atoms with E-state index in [1.54, 1.807) is 12.1 Å². The van der Waals surface area contributed by atoms with Crippen LogP contribution < -0.4 is 0 Å². The summed E-state index contributed by atoms with van der Waals surface area (Å²) in [5.41, 5.74) is 0.513. The van der Waals surface area contributed by atoms with Crippen LogP contribution in [0.1, 0.15) is 6.42 Å². The summed E-state index contributed by atoms with van der Waals surface area (Å²) < 4.78 is 19.5. The van der Waals surface area contributed by atoms with Crippen LogP contribution in [0.5, 0.6) is 0 Å². The molecule has 98 valence electrons. The molecule has 0 saturated carbocycles. The molecule has 2 aromatic rings. The Morgan fingerprint density at radius 2 is 2.37 bits per heavy atom. The monoisotopic (exact) mass is 280 g/mol. The molecule has 1 aliphatic rings. The molecule has 0 radical (unpaired) electrons. The van der Waals surface area contributed by atoms with Gasteiger partial charge in [0.15, 0.2) is 0 Å². The van der Waals surface area contributed by atoms with Crippen molar-refractivity contribution in [3.05, 3.63) is 30.1 Å². The molecule has 1 aromatic heterocycles. The number of hydrogen-bond acceptors (Lipinski definition) is 6. The Kier molecular flexibility index (Phi) is 3.16. The predicted octanol–water partition coefficient (Wildman–Crippen LogP) is 1.21. The third-order valence-corrected chi connectivity index (χ3v) is 3.81. The molecule has 0 amide bonds. The highest BCUT2D eigenvalue weighted by Crippen LogP contribution is 2.28. The van der Waals surface area contributed by atoms with Gasteiger partial charge in [0.1, 0.15) is 11.1 Å². The van der Waals surface area contributed by atoms with E-state index in [9.17, 15) is 9.18 Å². The summed E-state index contributed by atoms with van der Waals surface area (Å²) in [4.78, 5) is 11.4. The first-order valence-electron chi connectivity index (χ1n) is 5.61. The maximum Gasteiger partial charge on any atom is 0.319 e. The van der Waals surface area contributed by atoms with Gasteiger partial charge in [-0.15, -0.1) is 5.10 Å². The van der Waals surface area contributed by atoms with Gasteiger partial charge in [-0.3, -0.25) is 4.79 Å². The second kappa shape index (κ2) is 4.96. The summed E-state index contributed by atoms with van der Waals surface area (Å²) in [5.74, 6) is -0.636. The number of tetrazole rings is 1. The molecule has 1 aromatic carbocycles. The Morgan fingerprint density at radius 3 is 3.11 bits per heavy atom. The van der Waals surface area contributed by atoms with Gasteiger partial charge in [-0.25, -0.2) is 4.39 Å². The number of carbonyl (C=O) groups excluding carboxylic acids is 1. The molecule has 1 aliphatic heterocycles. The van der Waals surface area contributed by atoms with Gasteiger partial charge in [0.25, 0.3) is 0 Å². The molecule has 3 rings (SSSR count). The van der Waals surface area contributed by atoms with E-state index < -0.39 is 0 Å². The average Bonchev–Trinajstić information content (AvgIpc) is 3.00. The number of cyclic esters (lactones) is 1. The molecule has 1 fully saturated rings. The summed E-state index contributed by atoms with van der Waals surface area (Å²) in [5, 5.41) is 11.4. The van der Waals surface area contributed by atoms with E-state index in [0.717, 1.165) is 0 Å². The van der Waals surface area contributed by atoms with E-state index in [4.69, 9.17) is 4.74 Å². The second-order valence-corrected chi connectivity index (χ2v) is 5.09.